The molecule has 4 nitrogen and oxygen atoms in total. The minimum absolute atomic E-state index is 2.17. The molecule has 0 aromatic heterocycles. The maximum Gasteiger partial charge on any atom is 0.456 e. The number of aliphatic hydroxyl groups is 1. The standard InChI is InChI=1S/C3H2F6O4/c4-2(5,6)1(10,12-13-11)3(7,8)9/h10-11H. The predicted molar refractivity (Wildman–Crippen MR) is 21.9 cm³/mol. The van der Waals surface area contributed by atoms with Gasteiger partial charge in [0.2, 0.25) is 0 Å². The van der Waals surface area contributed by atoms with Crippen molar-refractivity contribution in [1.82, 2.24) is 0 Å². The lowest BCUT2D eigenvalue weighted by molar-refractivity contribution is -0.616. The molecule has 0 spiro atoms. The second kappa shape index (κ2) is 3.29. The van der Waals surface area contributed by atoms with E-state index in [1.54, 1.807) is 0 Å². The normalized spacial score (nSPS) is 14.8. The van der Waals surface area contributed by atoms with Crippen LogP contribution in [0.2, 0.25) is 0 Å². The molecule has 0 aromatic rings. The van der Waals surface area contributed by atoms with E-state index in [1.807, 2.05) is 0 Å². The summed E-state index contributed by atoms with van der Waals surface area (Å²) in [6.07, 6.45) is -12.4. The molecule has 0 aliphatic carbocycles. The molecule has 0 aliphatic heterocycles. The quantitative estimate of drug-likeness (QED) is 0.315. The largest absolute Gasteiger partial charge is 0.456 e. The Bertz CT molecular complexity index is 158. The Morgan fingerprint density at radius 2 is 1.15 bits per heavy atom. The molecule has 0 heterocycles. The second-order valence-electron chi connectivity index (χ2n) is 1.80. The van der Waals surface area contributed by atoms with E-state index in [4.69, 9.17) is 10.4 Å². The van der Waals surface area contributed by atoms with Gasteiger partial charge in [-0.3, -0.25) is 0 Å². The number of halogens is 6. The van der Waals surface area contributed by atoms with E-state index >= 15 is 0 Å². The van der Waals surface area contributed by atoms with Gasteiger partial charge in [0, 0.05) is 0 Å². The van der Waals surface area contributed by atoms with Crippen molar-refractivity contribution in [3.8, 4) is 0 Å². The first-order valence-corrected chi connectivity index (χ1v) is 2.41. The zero-order chi connectivity index (χ0) is 10.9. The summed E-state index contributed by atoms with van der Waals surface area (Å²) >= 11 is 0. The summed E-state index contributed by atoms with van der Waals surface area (Å²) in [6.45, 7) is 0. The highest BCUT2D eigenvalue weighted by atomic mass is 19.4. The monoisotopic (exact) mass is 216 g/mol. The summed E-state index contributed by atoms with van der Waals surface area (Å²) in [7, 11) is 0. The highest BCUT2D eigenvalue weighted by Crippen LogP contribution is 2.43. The molecule has 2 N–H and O–H groups in total. The molecule has 10 heteroatoms. The summed E-state index contributed by atoms with van der Waals surface area (Å²) in [4.78, 5) is 2.32. The van der Waals surface area contributed by atoms with E-state index in [0.29, 0.717) is 0 Å². The van der Waals surface area contributed by atoms with Crippen molar-refractivity contribution < 1.29 is 46.6 Å². The van der Waals surface area contributed by atoms with Crippen molar-refractivity contribution in [2.75, 3.05) is 0 Å². The van der Waals surface area contributed by atoms with Crippen LogP contribution in [0.3, 0.4) is 0 Å². The van der Waals surface area contributed by atoms with Crippen molar-refractivity contribution >= 4 is 0 Å². The average Bonchev–Trinajstić information content (AvgIpc) is 1.82. The van der Waals surface area contributed by atoms with Gasteiger partial charge in [0.05, 0.1) is 0 Å². The van der Waals surface area contributed by atoms with E-state index in [9.17, 15) is 26.3 Å². The number of hydrogen-bond acceptors (Lipinski definition) is 4. The van der Waals surface area contributed by atoms with Gasteiger partial charge in [-0.2, -0.15) is 31.2 Å². The molecular formula is C3H2F6O4. The van der Waals surface area contributed by atoms with E-state index in [-0.39, 0.29) is 0 Å². The Morgan fingerprint density at radius 1 is 0.846 bits per heavy atom. The molecule has 0 amide bonds. The van der Waals surface area contributed by atoms with E-state index in [1.165, 1.54) is 0 Å². The van der Waals surface area contributed by atoms with Crippen LogP contribution in [0.15, 0.2) is 0 Å². The van der Waals surface area contributed by atoms with Gasteiger partial charge in [-0.05, 0) is 0 Å². The lowest BCUT2D eigenvalue weighted by atomic mass is 10.2. The summed E-state index contributed by atoms with van der Waals surface area (Å²) in [5.41, 5.74) is 0. The van der Waals surface area contributed by atoms with Crippen LogP contribution in [-0.4, -0.2) is 28.5 Å². The zero-order valence-electron chi connectivity index (χ0n) is 5.48. The van der Waals surface area contributed by atoms with Gasteiger partial charge < -0.3 is 5.11 Å². The molecule has 0 saturated heterocycles. The first kappa shape index (κ1) is 12.4. The fourth-order valence-electron chi connectivity index (χ4n) is 0.309. The Hall–Kier alpha value is -0.580. The molecule has 0 aromatic carbocycles. The maximum atomic E-state index is 11.5. The summed E-state index contributed by atoms with van der Waals surface area (Å²) < 4.78 is 69.0. The van der Waals surface area contributed by atoms with Gasteiger partial charge in [-0.15, -0.1) is 0 Å². The van der Waals surface area contributed by atoms with Gasteiger partial charge >= 0.3 is 18.1 Å². The van der Waals surface area contributed by atoms with Gasteiger partial charge in [-0.1, -0.05) is 5.04 Å². The van der Waals surface area contributed by atoms with Crippen molar-refractivity contribution in [2.24, 2.45) is 0 Å². The Morgan fingerprint density at radius 3 is 1.23 bits per heavy atom. The minimum Gasteiger partial charge on any atom is -0.349 e. The van der Waals surface area contributed by atoms with Crippen LogP contribution in [0.4, 0.5) is 26.3 Å². The Balaban J connectivity index is 4.96. The predicted octanol–water partition coefficient (Wildman–Crippen LogP) is 1.22. The Labute approximate surface area is 66.1 Å². The SMILES string of the molecule is OOOC(O)(C(F)(F)F)C(F)(F)F. The van der Waals surface area contributed by atoms with Crippen LogP contribution in [0, 0.1) is 0 Å². The Kier molecular flexibility index (Phi) is 3.14. The summed E-state index contributed by atoms with van der Waals surface area (Å²) in [5, 5.41) is 17.3. The number of rotatable bonds is 2. The highest BCUT2D eigenvalue weighted by Gasteiger charge is 2.74. The number of alkyl halides is 6. The molecule has 0 unspecified atom stereocenters. The molecule has 80 valence electrons. The van der Waals surface area contributed by atoms with E-state index < -0.39 is 18.1 Å². The zero-order valence-corrected chi connectivity index (χ0v) is 5.48. The molecule has 0 aliphatic rings. The molecule has 0 atom stereocenters. The third-order valence-corrected chi connectivity index (χ3v) is 0.926. The maximum absolute atomic E-state index is 11.5. The van der Waals surface area contributed by atoms with Crippen LogP contribution in [0.1, 0.15) is 0 Å². The van der Waals surface area contributed by atoms with Crippen molar-refractivity contribution in [3.63, 3.8) is 0 Å². The molecule has 0 bridgehead atoms. The molecule has 0 radical (unpaired) electrons. The fourth-order valence-corrected chi connectivity index (χ4v) is 0.309. The third-order valence-electron chi connectivity index (χ3n) is 0.926. The minimum atomic E-state index is -6.19. The van der Waals surface area contributed by atoms with Gasteiger partial charge in [-0.25, -0.2) is 5.26 Å². The van der Waals surface area contributed by atoms with Gasteiger partial charge in [0.1, 0.15) is 0 Å². The first-order chi connectivity index (χ1) is 5.56. The van der Waals surface area contributed by atoms with Crippen LogP contribution < -0.4 is 0 Å². The fraction of sp³-hybridized carbons (Fsp3) is 1.00. The van der Waals surface area contributed by atoms with Crippen molar-refractivity contribution in [3.05, 3.63) is 0 Å². The molecule has 0 fully saturated rings. The highest BCUT2D eigenvalue weighted by molar-refractivity contribution is 4.83. The lowest BCUT2D eigenvalue weighted by Gasteiger charge is -2.28. The van der Waals surface area contributed by atoms with E-state index in [0.717, 1.165) is 0 Å². The first-order valence-electron chi connectivity index (χ1n) is 2.41. The van der Waals surface area contributed by atoms with Crippen molar-refractivity contribution in [2.45, 2.75) is 18.1 Å². The van der Waals surface area contributed by atoms with E-state index in [2.05, 4.69) is 9.93 Å². The second-order valence-corrected chi connectivity index (χ2v) is 1.80. The average molecular weight is 216 g/mol. The molecular weight excluding hydrogens is 214 g/mol. The molecule has 13 heavy (non-hydrogen) atoms. The van der Waals surface area contributed by atoms with Crippen LogP contribution >= 0.6 is 0 Å². The smallest absolute Gasteiger partial charge is 0.349 e. The topological polar surface area (TPSA) is 58.9 Å². The van der Waals surface area contributed by atoms with Gasteiger partial charge in [0.15, 0.2) is 0 Å². The van der Waals surface area contributed by atoms with Crippen LogP contribution in [-0.2, 0) is 9.93 Å². The van der Waals surface area contributed by atoms with Gasteiger partial charge in [0.25, 0.3) is 0 Å². The lowest BCUT2D eigenvalue weighted by Crippen LogP contribution is -2.58. The summed E-state index contributed by atoms with van der Waals surface area (Å²) in [6, 6.07) is 0. The number of hydrogen-bond donors (Lipinski definition) is 2. The van der Waals surface area contributed by atoms with Crippen molar-refractivity contribution in [1.29, 1.82) is 0 Å². The van der Waals surface area contributed by atoms with Crippen LogP contribution in [0.25, 0.3) is 0 Å². The molecule has 0 saturated carbocycles. The van der Waals surface area contributed by atoms with Crippen LogP contribution in [0.5, 0.6) is 0 Å². The summed E-state index contributed by atoms with van der Waals surface area (Å²) in [5.74, 6) is -5.55. The molecule has 0 rings (SSSR count). The third kappa shape index (κ3) is 2.21.